The van der Waals surface area contributed by atoms with Gasteiger partial charge in [-0.1, -0.05) is 6.07 Å². The lowest BCUT2D eigenvalue weighted by Crippen LogP contribution is -2.26. The number of oxazole rings is 1. The Morgan fingerprint density at radius 1 is 1.02 bits per heavy atom. The van der Waals surface area contributed by atoms with Crippen molar-refractivity contribution in [2.75, 3.05) is 5.73 Å². The lowest BCUT2D eigenvalue weighted by molar-refractivity contribution is 0.0907. The van der Waals surface area contributed by atoms with Gasteiger partial charge in [-0.15, -0.1) is 0 Å². The van der Waals surface area contributed by atoms with Gasteiger partial charge in [0.2, 0.25) is 5.76 Å². The average Bonchev–Trinajstić information content (AvgIpc) is 3.40. The number of aryl methyl sites for hydroxylation is 1. The SMILES string of the molecule is Nc1ncccc1-c1nc2ccc(-n3cccn3)nc2n1-c1ccc2c(c1)CC[C@@H]2NC(=O)c1cnc(C2CC2)o1. The standard InChI is InChI=1S/C30H25N9O2/c31-26-21(3-1-12-32-26)27-35-23-10-11-25(38-14-2-13-34-38)37-28(23)39(27)19-7-8-20-18(15-19)6-9-22(20)36-29(40)24-16-33-30(41-24)17-4-5-17/h1-3,7-8,10-17,22H,4-6,9H2,(H2,31,32)(H,36,40)/t22-/m0/s1. The van der Waals surface area contributed by atoms with Gasteiger partial charge in [-0.25, -0.2) is 24.6 Å². The Balaban J connectivity index is 1.18. The molecule has 11 nitrogen and oxygen atoms in total. The van der Waals surface area contributed by atoms with Crippen molar-refractivity contribution in [3.05, 3.63) is 96.1 Å². The van der Waals surface area contributed by atoms with Crippen LogP contribution in [0.4, 0.5) is 5.82 Å². The first kappa shape index (κ1) is 23.6. The molecule has 202 valence electrons. The quantitative estimate of drug-likeness (QED) is 0.312. The van der Waals surface area contributed by atoms with Crippen LogP contribution < -0.4 is 11.1 Å². The summed E-state index contributed by atoms with van der Waals surface area (Å²) in [6.45, 7) is 0. The molecule has 41 heavy (non-hydrogen) atoms. The number of benzene rings is 1. The van der Waals surface area contributed by atoms with E-state index in [2.05, 4.69) is 32.5 Å². The third-order valence-corrected chi connectivity index (χ3v) is 7.75. The van der Waals surface area contributed by atoms with Crippen LogP contribution in [0.3, 0.4) is 0 Å². The topological polar surface area (TPSA) is 143 Å². The number of nitrogens with two attached hydrogens (primary N) is 1. The summed E-state index contributed by atoms with van der Waals surface area (Å²) >= 11 is 0. The summed E-state index contributed by atoms with van der Waals surface area (Å²) in [4.78, 5) is 31.4. The zero-order valence-electron chi connectivity index (χ0n) is 21.9. The molecule has 8 rings (SSSR count). The van der Waals surface area contributed by atoms with Crippen molar-refractivity contribution < 1.29 is 9.21 Å². The van der Waals surface area contributed by atoms with Gasteiger partial charge in [0.1, 0.15) is 11.3 Å². The van der Waals surface area contributed by atoms with Gasteiger partial charge < -0.3 is 15.5 Å². The van der Waals surface area contributed by atoms with Gasteiger partial charge in [-0.3, -0.25) is 9.36 Å². The van der Waals surface area contributed by atoms with E-state index in [0.717, 1.165) is 53.6 Å². The highest BCUT2D eigenvalue weighted by molar-refractivity contribution is 5.91. The molecule has 1 aromatic carbocycles. The van der Waals surface area contributed by atoms with Crippen LogP contribution in [-0.4, -0.2) is 40.2 Å². The Hall–Kier alpha value is -5.32. The van der Waals surface area contributed by atoms with E-state index in [1.807, 2.05) is 47.2 Å². The number of anilines is 1. The van der Waals surface area contributed by atoms with Crippen molar-refractivity contribution in [2.45, 2.75) is 37.6 Å². The summed E-state index contributed by atoms with van der Waals surface area (Å²) < 4.78 is 9.44. The molecule has 1 amide bonds. The number of hydrogen-bond acceptors (Lipinski definition) is 8. The highest BCUT2D eigenvalue weighted by Crippen LogP contribution is 2.40. The molecule has 2 aliphatic rings. The van der Waals surface area contributed by atoms with Crippen LogP contribution in [-0.2, 0) is 6.42 Å². The van der Waals surface area contributed by atoms with Crippen LogP contribution in [0.15, 0.2) is 77.7 Å². The van der Waals surface area contributed by atoms with E-state index in [1.54, 1.807) is 17.1 Å². The third-order valence-electron chi connectivity index (χ3n) is 7.75. The first-order chi connectivity index (χ1) is 20.1. The lowest BCUT2D eigenvalue weighted by Gasteiger charge is -2.15. The molecule has 0 radical (unpaired) electrons. The van der Waals surface area contributed by atoms with Crippen LogP contribution in [0.25, 0.3) is 34.1 Å². The Bertz CT molecular complexity index is 1940. The van der Waals surface area contributed by atoms with Gasteiger partial charge in [0.25, 0.3) is 5.91 Å². The zero-order valence-corrected chi connectivity index (χ0v) is 21.9. The summed E-state index contributed by atoms with van der Waals surface area (Å²) in [6, 6.07) is 15.6. The second kappa shape index (κ2) is 9.12. The van der Waals surface area contributed by atoms with E-state index in [9.17, 15) is 4.79 Å². The maximum Gasteiger partial charge on any atom is 0.289 e. The van der Waals surface area contributed by atoms with Gasteiger partial charge in [0.15, 0.2) is 23.2 Å². The van der Waals surface area contributed by atoms with E-state index in [0.29, 0.717) is 34.9 Å². The van der Waals surface area contributed by atoms with E-state index in [1.165, 1.54) is 6.20 Å². The van der Waals surface area contributed by atoms with Crippen LogP contribution in [0.2, 0.25) is 0 Å². The number of hydrogen-bond donors (Lipinski definition) is 2. The van der Waals surface area contributed by atoms with E-state index in [4.69, 9.17) is 20.1 Å². The number of nitrogen functional groups attached to an aromatic ring is 1. The van der Waals surface area contributed by atoms with Crippen molar-refractivity contribution in [3.63, 3.8) is 0 Å². The Kier molecular flexibility index (Phi) is 5.24. The number of imidazole rings is 1. The molecule has 0 spiro atoms. The van der Waals surface area contributed by atoms with Crippen LogP contribution >= 0.6 is 0 Å². The average molecular weight is 544 g/mol. The van der Waals surface area contributed by atoms with Gasteiger partial charge in [0.05, 0.1) is 17.8 Å². The number of nitrogens with one attached hydrogen (secondary N) is 1. The van der Waals surface area contributed by atoms with Crippen molar-refractivity contribution in [1.29, 1.82) is 0 Å². The number of nitrogens with zero attached hydrogens (tertiary/aromatic N) is 7. The first-order valence-corrected chi connectivity index (χ1v) is 13.6. The molecule has 0 bridgehead atoms. The fraction of sp³-hybridized carbons (Fsp3) is 0.200. The maximum atomic E-state index is 12.9. The second-order valence-corrected chi connectivity index (χ2v) is 10.5. The van der Waals surface area contributed by atoms with Crippen molar-refractivity contribution in [1.82, 2.24) is 39.6 Å². The van der Waals surface area contributed by atoms with Crippen molar-refractivity contribution in [3.8, 4) is 22.9 Å². The Morgan fingerprint density at radius 2 is 1.95 bits per heavy atom. The Morgan fingerprint density at radius 3 is 2.78 bits per heavy atom. The smallest absolute Gasteiger partial charge is 0.289 e. The molecule has 6 aromatic rings. The minimum Gasteiger partial charge on any atom is -0.435 e. The minimum atomic E-state index is -0.239. The van der Waals surface area contributed by atoms with Gasteiger partial charge in [0, 0.05) is 30.2 Å². The van der Waals surface area contributed by atoms with Crippen LogP contribution in [0.5, 0.6) is 0 Å². The molecule has 5 aromatic heterocycles. The number of pyridine rings is 2. The highest BCUT2D eigenvalue weighted by Gasteiger charge is 2.31. The number of amides is 1. The van der Waals surface area contributed by atoms with Gasteiger partial charge in [-0.2, -0.15) is 5.10 Å². The molecule has 1 atom stereocenters. The zero-order chi connectivity index (χ0) is 27.5. The number of fused-ring (bicyclic) bond motifs is 2. The number of carbonyl (C=O) groups excluding carboxylic acids is 1. The molecule has 0 aliphatic heterocycles. The molecule has 2 aliphatic carbocycles. The molecule has 5 heterocycles. The van der Waals surface area contributed by atoms with E-state index in [-0.39, 0.29) is 17.7 Å². The van der Waals surface area contributed by atoms with Crippen molar-refractivity contribution in [2.24, 2.45) is 0 Å². The fourth-order valence-corrected chi connectivity index (χ4v) is 5.54. The number of rotatable bonds is 6. The van der Waals surface area contributed by atoms with Crippen LogP contribution in [0, 0.1) is 0 Å². The van der Waals surface area contributed by atoms with E-state index >= 15 is 0 Å². The monoisotopic (exact) mass is 543 g/mol. The Labute approximate surface area is 234 Å². The summed E-state index contributed by atoms with van der Waals surface area (Å²) in [5.74, 6) is 2.76. The largest absolute Gasteiger partial charge is 0.435 e. The minimum absolute atomic E-state index is 0.112. The van der Waals surface area contributed by atoms with E-state index < -0.39 is 0 Å². The number of carbonyl (C=O) groups is 1. The van der Waals surface area contributed by atoms with Crippen molar-refractivity contribution >= 4 is 22.9 Å². The molecule has 0 unspecified atom stereocenters. The summed E-state index contributed by atoms with van der Waals surface area (Å²) in [7, 11) is 0. The molecular weight excluding hydrogens is 518 g/mol. The summed E-state index contributed by atoms with van der Waals surface area (Å²) in [6.07, 6.45) is 10.5. The molecule has 0 saturated heterocycles. The number of aromatic nitrogens is 7. The predicted molar refractivity (Wildman–Crippen MR) is 151 cm³/mol. The third kappa shape index (κ3) is 4.05. The molecule has 11 heteroatoms. The predicted octanol–water partition coefficient (Wildman–Crippen LogP) is 4.53. The molecular formula is C30H25N9O2. The summed E-state index contributed by atoms with van der Waals surface area (Å²) in [5.41, 5.74) is 11.6. The highest BCUT2D eigenvalue weighted by atomic mass is 16.4. The maximum absolute atomic E-state index is 12.9. The molecule has 1 fully saturated rings. The lowest BCUT2D eigenvalue weighted by atomic mass is 10.1. The van der Waals surface area contributed by atoms with Crippen LogP contribution in [0.1, 0.15) is 58.8 Å². The molecule has 3 N–H and O–H groups in total. The van der Waals surface area contributed by atoms with Gasteiger partial charge >= 0.3 is 0 Å². The fourth-order valence-electron chi connectivity index (χ4n) is 5.54. The molecule has 1 saturated carbocycles. The van der Waals surface area contributed by atoms with Gasteiger partial charge in [-0.05, 0) is 79.3 Å². The first-order valence-electron chi connectivity index (χ1n) is 13.6. The normalized spacial score (nSPS) is 16.2. The second-order valence-electron chi connectivity index (χ2n) is 10.5. The summed E-state index contributed by atoms with van der Waals surface area (Å²) in [5, 5.41) is 7.48.